The molecule has 0 aromatic carbocycles. The van der Waals surface area contributed by atoms with Crippen molar-refractivity contribution in [2.45, 2.75) is 83.8 Å². The maximum Gasteiger partial charge on any atom is 0.397 e. The molecule has 3 fully saturated rings. The topological polar surface area (TPSA) is 101 Å². The summed E-state index contributed by atoms with van der Waals surface area (Å²) in [5.74, 6) is 1.50. The highest BCUT2D eigenvalue weighted by molar-refractivity contribution is 7.80. The molecule has 0 aliphatic heterocycles. The minimum absolute atomic E-state index is 0.0649. The largest absolute Gasteiger partial charge is 0.397 e. The quantitative estimate of drug-likeness (QED) is 0.689. The van der Waals surface area contributed by atoms with Gasteiger partial charge in [-0.15, -0.1) is 0 Å². The van der Waals surface area contributed by atoms with Gasteiger partial charge < -0.3 is 5.11 Å². The lowest BCUT2D eigenvalue weighted by molar-refractivity contribution is -0.166. The first-order valence-corrected chi connectivity index (χ1v) is 11.9. The van der Waals surface area contributed by atoms with Gasteiger partial charge in [0, 0.05) is 11.8 Å². The third-order valence-electron chi connectivity index (χ3n) is 9.12. The summed E-state index contributed by atoms with van der Waals surface area (Å²) < 4.78 is 36.4. The monoisotopic (exact) mass is 412 g/mol. The molecule has 7 heteroatoms. The van der Waals surface area contributed by atoms with Crippen LogP contribution in [0.3, 0.4) is 0 Å². The number of allylic oxidation sites excluding steroid dienone is 1. The van der Waals surface area contributed by atoms with Crippen LogP contribution in [0.4, 0.5) is 0 Å². The van der Waals surface area contributed by atoms with Crippen molar-refractivity contribution in [2.75, 3.05) is 0 Å². The van der Waals surface area contributed by atoms with Gasteiger partial charge in [0.1, 0.15) is 6.10 Å². The second kappa shape index (κ2) is 6.37. The van der Waals surface area contributed by atoms with Gasteiger partial charge in [0.25, 0.3) is 0 Å². The van der Waals surface area contributed by atoms with Crippen molar-refractivity contribution < 1.29 is 27.1 Å². The van der Waals surface area contributed by atoms with Crippen LogP contribution in [0.5, 0.6) is 0 Å². The van der Waals surface area contributed by atoms with Gasteiger partial charge in [0.05, 0.1) is 5.60 Å². The Morgan fingerprint density at radius 2 is 1.79 bits per heavy atom. The van der Waals surface area contributed by atoms with Crippen molar-refractivity contribution in [1.29, 1.82) is 0 Å². The molecule has 3 saturated carbocycles. The Labute approximate surface area is 167 Å². The summed E-state index contributed by atoms with van der Waals surface area (Å²) in [5.41, 5.74) is -0.349. The summed E-state index contributed by atoms with van der Waals surface area (Å²) in [6, 6.07) is 0. The Kier molecular flexibility index (Phi) is 4.66. The molecule has 0 radical (unpaired) electrons. The molecule has 0 spiro atoms. The van der Waals surface area contributed by atoms with Gasteiger partial charge in [-0.1, -0.05) is 19.4 Å². The highest BCUT2D eigenvalue weighted by Gasteiger charge is 2.65. The summed E-state index contributed by atoms with van der Waals surface area (Å²) in [4.78, 5) is 11.9. The zero-order valence-corrected chi connectivity index (χ0v) is 17.8. The highest BCUT2D eigenvalue weighted by Crippen LogP contribution is 2.68. The number of hydrogen-bond acceptors (Lipinski definition) is 5. The molecule has 0 amide bonds. The van der Waals surface area contributed by atoms with Crippen LogP contribution < -0.4 is 0 Å². The SMILES string of the molecule is C[C@H](OS(=O)(=O)O)[C@@]1(O)CC[C@H]2[C@@H]3CCC4=CC(=O)CC[C@]4(C)[C@H]3CC[C@@]21C. The van der Waals surface area contributed by atoms with Gasteiger partial charge in [-0.05, 0) is 81.1 Å². The van der Waals surface area contributed by atoms with Crippen LogP contribution in [0.25, 0.3) is 0 Å². The number of ketones is 1. The first-order chi connectivity index (χ1) is 12.9. The second-order valence-corrected chi connectivity index (χ2v) is 11.1. The fourth-order valence-electron chi connectivity index (χ4n) is 7.54. The van der Waals surface area contributed by atoms with E-state index in [1.165, 1.54) is 5.57 Å². The van der Waals surface area contributed by atoms with E-state index in [4.69, 9.17) is 8.74 Å². The summed E-state index contributed by atoms with van der Waals surface area (Å²) in [6.45, 7) is 5.93. The molecule has 158 valence electrons. The van der Waals surface area contributed by atoms with Crippen LogP contribution in [-0.2, 0) is 19.4 Å². The summed E-state index contributed by atoms with van der Waals surface area (Å²) in [6.07, 6.45) is 7.45. The van der Waals surface area contributed by atoms with Crippen LogP contribution in [0.2, 0.25) is 0 Å². The van der Waals surface area contributed by atoms with E-state index in [1.807, 2.05) is 6.08 Å². The number of hydrogen-bond donors (Lipinski definition) is 2. The van der Waals surface area contributed by atoms with Crippen LogP contribution in [0, 0.1) is 28.6 Å². The van der Waals surface area contributed by atoms with E-state index in [9.17, 15) is 18.3 Å². The Balaban J connectivity index is 1.64. The molecule has 4 aliphatic rings. The zero-order valence-electron chi connectivity index (χ0n) is 17.0. The predicted octanol–water partition coefficient (Wildman–Crippen LogP) is 3.46. The maximum atomic E-state index is 11.9. The van der Waals surface area contributed by atoms with Crippen molar-refractivity contribution in [2.24, 2.45) is 28.6 Å². The molecule has 0 aromatic heterocycles. The average molecular weight is 413 g/mol. The molecule has 6 nitrogen and oxygen atoms in total. The molecular weight excluding hydrogens is 380 g/mol. The third-order valence-corrected chi connectivity index (χ3v) is 9.65. The summed E-state index contributed by atoms with van der Waals surface area (Å²) in [7, 11) is -4.62. The molecule has 7 atom stereocenters. The van der Waals surface area contributed by atoms with Crippen LogP contribution in [0.1, 0.15) is 72.1 Å². The minimum Gasteiger partial charge on any atom is -0.387 e. The van der Waals surface area contributed by atoms with Gasteiger partial charge in [-0.25, -0.2) is 4.18 Å². The molecule has 0 unspecified atom stereocenters. The van der Waals surface area contributed by atoms with E-state index in [2.05, 4.69) is 13.8 Å². The van der Waals surface area contributed by atoms with E-state index in [-0.39, 0.29) is 11.2 Å². The van der Waals surface area contributed by atoms with Crippen LogP contribution in [-0.4, -0.2) is 35.6 Å². The molecule has 0 heterocycles. The predicted molar refractivity (Wildman–Crippen MR) is 104 cm³/mol. The maximum absolute atomic E-state index is 11.9. The highest BCUT2D eigenvalue weighted by atomic mass is 32.3. The fourth-order valence-corrected chi connectivity index (χ4v) is 8.06. The van der Waals surface area contributed by atoms with E-state index in [0.29, 0.717) is 30.6 Å². The van der Waals surface area contributed by atoms with Gasteiger partial charge in [-0.2, -0.15) is 8.42 Å². The van der Waals surface area contributed by atoms with E-state index < -0.39 is 27.5 Å². The standard InChI is InChI=1S/C21H32O6S/c1-13(27-28(24,25)26)21(23)11-8-18-16-5-4-14-12-15(22)6-9-19(14,2)17(16)7-10-20(18,21)3/h12-13,16-18,23H,4-11H2,1-3H3,(H,24,25,26)/t13-,16+,17-,18-,19-,20-,21-/m0/s1. The Morgan fingerprint density at radius 1 is 1.11 bits per heavy atom. The molecule has 2 N–H and O–H groups in total. The van der Waals surface area contributed by atoms with Crippen molar-refractivity contribution in [1.82, 2.24) is 0 Å². The summed E-state index contributed by atoms with van der Waals surface area (Å²) >= 11 is 0. The number of carbonyl (C=O) groups excluding carboxylic acids is 1. The van der Waals surface area contributed by atoms with E-state index in [0.717, 1.165) is 38.5 Å². The lowest BCUT2D eigenvalue weighted by Crippen LogP contribution is -2.58. The average Bonchev–Trinajstić information content (AvgIpc) is 2.87. The fraction of sp³-hybridized carbons (Fsp3) is 0.857. The third kappa shape index (κ3) is 2.84. The van der Waals surface area contributed by atoms with Crippen molar-refractivity contribution in [3.05, 3.63) is 11.6 Å². The summed E-state index contributed by atoms with van der Waals surface area (Å²) in [5, 5.41) is 11.5. The minimum atomic E-state index is -4.62. The zero-order chi connectivity index (χ0) is 20.5. The molecule has 4 rings (SSSR count). The van der Waals surface area contributed by atoms with Crippen molar-refractivity contribution in [3.63, 3.8) is 0 Å². The molecule has 0 bridgehead atoms. The molecule has 28 heavy (non-hydrogen) atoms. The van der Waals surface area contributed by atoms with Gasteiger partial charge >= 0.3 is 10.4 Å². The van der Waals surface area contributed by atoms with Gasteiger partial charge in [-0.3, -0.25) is 9.35 Å². The molecule has 0 aromatic rings. The number of fused-ring (bicyclic) bond motifs is 5. The molecule has 0 saturated heterocycles. The second-order valence-electron chi connectivity index (χ2n) is 10.1. The molecule has 4 aliphatic carbocycles. The van der Waals surface area contributed by atoms with E-state index in [1.54, 1.807) is 6.92 Å². The van der Waals surface area contributed by atoms with Gasteiger partial charge in [0.2, 0.25) is 0 Å². The lowest BCUT2D eigenvalue weighted by Gasteiger charge is -2.59. The normalized spacial score (nSPS) is 47.0. The van der Waals surface area contributed by atoms with Crippen LogP contribution in [0.15, 0.2) is 11.6 Å². The number of aliphatic hydroxyl groups is 1. The Bertz CT molecular complexity index is 819. The Morgan fingerprint density at radius 3 is 2.46 bits per heavy atom. The first-order valence-electron chi connectivity index (χ1n) is 10.5. The number of carbonyl (C=O) groups is 1. The van der Waals surface area contributed by atoms with Crippen molar-refractivity contribution in [3.8, 4) is 0 Å². The first kappa shape index (κ1) is 20.5. The van der Waals surface area contributed by atoms with E-state index >= 15 is 0 Å². The van der Waals surface area contributed by atoms with Crippen LogP contribution >= 0.6 is 0 Å². The van der Waals surface area contributed by atoms with Gasteiger partial charge in [0.15, 0.2) is 5.78 Å². The molecular formula is C21H32O6S. The smallest absolute Gasteiger partial charge is 0.387 e. The van der Waals surface area contributed by atoms with Crippen molar-refractivity contribution >= 4 is 16.2 Å². The lowest BCUT2D eigenvalue weighted by atomic mass is 9.46. The Hall–Kier alpha value is -0.760. The number of rotatable bonds is 3.